The van der Waals surface area contributed by atoms with Gasteiger partial charge in [-0.05, 0) is 38.1 Å². The summed E-state index contributed by atoms with van der Waals surface area (Å²) in [7, 11) is -3.45. The third-order valence-electron chi connectivity index (χ3n) is 4.17. The van der Waals surface area contributed by atoms with Crippen LogP contribution in [0.15, 0.2) is 35.2 Å². The van der Waals surface area contributed by atoms with Gasteiger partial charge in [0.15, 0.2) is 14.6 Å². The van der Waals surface area contributed by atoms with Crippen molar-refractivity contribution < 1.29 is 13.2 Å². The maximum absolute atomic E-state index is 12.6. The second kappa shape index (κ2) is 9.08. The average Bonchev–Trinajstić information content (AvgIpc) is 2.53. The van der Waals surface area contributed by atoms with E-state index < -0.39 is 14.6 Å². The number of carbonyl (C=O) groups excluding carboxylic acids is 1. The van der Waals surface area contributed by atoms with Crippen molar-refractivity contribution in [3.8, 4) is 0 Å². The van der Waals surface area contributed by atoms with E-state index >= 15 is 0 Å². The Hall–Kier alpha value is -0.760. The van der Waals surface area contributed by atoms with E-state index in [1.54, 1.807) is 11.8 Å². The Morgan fingerprint density at radius 1 is 1.29 bits per heavy atom. The molecule has 1 saturated heterocycles. The van der Waals surface area contributed by atoms with E-state index in [2.05, 4.69) is 10.6 Å². The number of amides is 1. The Kier molecular flexibility index (Phi) is 8.05. The van der Waals surface area contributed by atoms with E-state index in [-0.39, 0.29) is 23.6 Å². The van der Waals surface area contributed by atoms with E-state index in [4.69, 9.17) is 0 Å². The van der Waals surface area contributed by atoms with E-state index in [9.17, 15) is 13.2 Å². The van der Waals surface area contributed by atoms with Gasteiger partial charge in [-0.2, -0.15) is 0 Å². The molecule has 0 spiro atoms. The molecule has 5 nitrogen and oxygen atoms in total. The molecule has 0 radical (unpaired) electrons. The molecule has 2 rings (SSSR count). The number of benzene rings is 1. The van der Waals surface area contributed by atoms with Crippen LogP contribution in [-0.4, -0.2) is 50.2 Å². The smallest absolute Gasteiger partial charge is 0.241 e. The fourth-order valence-electron chi connectivity index (χ4n) is 2.77. The molecule has 1 aliphatic rings. The van der Waals surface area contributed by atoms with Crippen LogP contribution in [0.4, 0.5) is 0 Å². The van der Waals surface area contributed by atoms with Crippen molar-refractivity contribution in [3.05, 3.63) is 30.3 Å². The first-order valence-corrected chi connectivity index (χ1v) is 10.5. The minimum atomic E-state index is -3.45. The molecule has 0 bridgehead atoms. The number of thioether (sulfide) groups is 1. The van der Waals surface area contributed by atoms with Gasteiger partial charge in [-0.25, -0.2) is 8.42 Å². The lowest BCUT2D eigenvalue weighted by Gasteiger charge is -2.34. The van der Waals surface area contributed by atoms with Gasteiger partial charge < -0.3 is 10.6 Å². The second-order valence-electron chi connectivity index (χ2n) is 5.97. The van der Waals surface area contributed by atoms with Crippen LogP contribution in [0.25, 0.3) is 0 Å². The Balaban J connectivity index is 0.00000288. The molecule has 0 aliphatic carbocycles. The highest BCUT2D eigenvalue weighted by Crippen LogP contribution is 2.28. The molecule has 24 heavy (non-hydrogen) atoms. The van der Waals surface area contributed by atoms with Crippen LogP contribution in [0.2, 0.25) is 0 Å². The first-order valence-electron chi connectivity index (χ1n) is 7.75. The van der Waals surface area contributed by atoms with E-state index in [0.717, 1.165) is 4.90 Å². The van der Waals surface area contributed by atoms with Crippen LogP contribution in [-0.2, 0) is 14.6 Å². The van der Waals surface area contributed by atoms with E-state index in [0.29, 0.717) is 32.5 Å². The predicted molar refractivity (Wildman–Crippen MR) is 102 cm³/mol. The molecule has 1 atom stereocenters. The van der Waals surface area contributed by atoms with Crippen LogP contribution >= 0.6 is 24.2 Å². The van der Waals surface area contributed by atoms with Gasteiger partial charge in [0.2, 0.25) is 5.91 Å². The standard InChI is InChI=1S/C16H24N2O3S2.ClH/c1-13(22-14-6-4-3-5-7-14)12-18-15(19)16(23(2,20)21)8-10-17-11-9-16;/h3-7,13,17H,8-12H2,1-2H3,(H,18,19);1H. The van der Waals surface area contributed by atoms with Gasteiger partial charge in [0.1, 0.15) is 0 Å². The first-order chi connectivity index (χ1) is 10.8. The minimum absolute atomic E-state index is 0. The molecule has 2 N–H and O–H groups in total. The molecule has 1 aliphatic heterocycles. The van der Waals surface area contributed by atoms with Gasteiger partial charge >= 0.3 is 0 Å². The highest BCUT2D eigenvalue weighted by molar-refractivity contribution is 8.00. The third-order valence-corrected chi connectivity index (χ3v) is 7.29. The molecule has 1 amide bonds. The number of piperidine rings is 1. The molecule has 1 unspecified atom stereocenters. The number of hydrogen-bond donors (Lipinski definition) is 2. The number of sulfone groups is 1. The second-order valence-corrected chi connectivity index (χ2v) is 9.81. The van der Waals surface area contributed by atoms with Crippen molar-refractivity contribution in [2.24, 2.45) is 0 Å². The predicted octanol–water partition coefficient (Wildman–Crippen LogP) is 1.87. The van der Waals surface area contributed by atoms with Crippen molar-refractivity contribution in [2.45, 2.75) is 34.7 Å². The van der Waals surface area contributed by atoms with Gasteiger partial charge in [-0.1, -0.05) is 25.1 Å². The maximum atomic E-state index is 12.6. The Morgan fingerprint density at radius 3 is 2.42 bits per heavy atom. The molecule has 1 heterocycles. The highest BCUT2D eigenvalue weighted by atomic mass is 35.5. The molecule has 1 fully saturated rings. The van der Waals surface area contributed by atoms with Gasteiger partial charge in [-0.3, -0.25) is 4.79 Å². The van der Waals surface area contributed by atoms with Crippen molar-refractivity contribution in [1.82, 2.24) is 10.6 Å². The highest BCUT2D eigenvalue weighted by Gasteiger charge is 2.48. The van der Waals surface area contributed by atoms with Crippen molar-refractivity contribution in [2.75, 3.05) is 25.9 Å². The maximum Gasteiger partial charge on any atom is 0.241 e. The van der Waals surface area contributed by atoms with Crippen LogP contribution in [0.1, 0.15) is 19.8 Å². The zero-order valence-corrected chi connectivity index (χ0v) is 16.4. The Bertz CT molecular complexity index is 632. The van der Waals surface area contributed by atoms with Crippen LogP contribution in [0.3, 0.4) is 0 Å². The summed E-state index contributed by atoms with van der Waals surface area (Å²) in [6.45, 7) is 3.57. The monoisotopic (exact) mass is 392 g/mol. The summed E-state index contributed by atoms with van der Waals surface area (Å²) in [5.74, 6) is -0.359. The van der Waals surface area contributed by atoms with Crippen molar-refractivity contribution in [1.29, 1.82) is 0 Å². The van der Waals surface area contributed by atoms with E-state index in [1.807, 2.05) is 37.3 Å². The Morgan fingerprint density at radius 2 is 1.88 bits per heavy atom. The summed E-state index contributed by atoms with van der Waals surface area (Å²) in [5.41, 5.74) is 0. The third kappa shape index (κ3) is 5.12. The summed E-state index contributed by atoms with van der Waals surface area (Å²) >= 11 is 1.66. The fraction of sp³-hybridized carbons (Fsp3) is 0.562. The number of carbonyl (C=O) groups is 1. The number of nitrogens with one attached hydrogen (secondary N) is 2. The lowest BCUT2D eigenvalue weighted by atomic mass is 9.96. The first kappa shape index (κ1) is 21.3. The number of rotatable bonds is 6. The minimum Gasteiger partial charge on any atom is -0.354 e. The molecule has 8 heteroatoms. The molecule has 136 valence electrons. The lowest BCUT2D eigenvalue weighted by Crippen LogP contribution is -2.57. The van der Waals surface area contributed by atoms with Crippen molar-refractivity contribution >= 4 is 39.9 Å². The van der Waals surface area contributed by atoms with Gasteiger partial charge in [0.05, 0.1) is 0 Å². The number of halogens is 1. The summed E-state index contributed by atoms with van der Waals surface area (Å²) in [6, 6.07) is 9.95. The normalized spacial score (nSPS) is 18.2. The average molecular weight is 393 g/mol. The summed E-state index contributed by atoms with van der Waals surface area (Å²) < 4.78 is 23.1. The number of hydrogen-bond acceptors (Lipinski definition) is 5. The zero-order chi connectivity index (χ0) is 16.9. The fourth-order valence-corrected chi connectivity index (χ4v) is 5.07. The molecular formula is C16H25ClN2O3S2. The Labute approximate surface area is 154 Å². The van der Waals surface area contributed by atoms with Gasteiger partial charge in [-0.15, -0.1) is 24.2 Å². The van der Waals surface area contributed by atoms with Crippen LogP contribution < -0.4 is 10.6 Å². The molecule has 1 aromatic rings. The topological polar surface area (TPSA) is 75.3 Å². The van der Waals surface area contributed by atoms with Crippen LogP contribution in [0, 0.1) is 0 Å². The largest absolute Gasteiger partial charge is 0.354 e. The van der Waals surface area contributed by atoms with Crippen LogP contribution in [0.5, 0.6) is 0 Å². The van der Waals surface area contributed by atoms with Gasteiger partial charge in [0, 0.05) is 22.9 Å². The molecular weight excluding hydrogens is 368 g/mol. The SMILES string of the molecule is CC(CNC(=O)C1(S(C)(=O)=O)CCNCC1)Sc1ccccc1.Cl. The van der Waals surface area contributed by atoms with Gasteiger partial charge in [0.25, 0.3) is 0 Å². The van der Waals surface area contributed by atoms with Crippen molar-refractivity contribution in [3.63, 3.8) is 0 Å². The zero-order valence-electron chi connectivity index (χ0n) is 13.9. The molecule has 0 saturated carbocycles. The quantitative estimate of drug-likeness (QED) is 0.723. The summed E-state index contributed by atoms with van der Waals surface area (Å²) in [6.07, 6.45) is 1.83. The molecule has 1 aromatic carbocycles. The lowest BCUT2D eigenvalue weighted by molar-refractivity contribution is -0.124. The summed E-state index contributed by atoms with van der Waals surface area (Å²) in [4.78, 5) is 13.7. The van der Waals surface area contributed by atoms with E-state index in [1.165, 1.54) is 6.26 Å². The molecule has 0 aromatic heterocycles. The summed E-state index contributed by atoms with van der Waals surface area (Å²) in [5, 5.41) is 6.13.